The van der Waals surface area contributed by atoms with E-state index in [1.807, 2.05) is 12.1 Å². The van der Waals surface area contributed by atoms with E-state index in [-0.39, 0.29) is 23.7 Å². The van der Waals surface area contributed by atoms with Crippen molar-refractivity contribution < 1.29 is 17.2 Å². The SMILES string of the molecule is CCC(F)(F)C1=CC=C(C(=N)CC2CCC(CS(=O)(=O)c3ccc(C4CCCNC4)cc3)CC2)C=C=C1. The molecule has 1 aliphatic heterocycles. The number of rotatable bonds is 9. The number of allylic oxidation sites excluding steroid dienone is 5. The summed E-state index contributed by atoms with van der Waals surface area (Å²) in [7, 11) is -3.34. The lowest BCUT2D eigenvalue weighted by Gasteiger charge is -2.28. The lowest BCUT2D eigenvalue weighted by Crippen LogP contribution is -2.28. The first-order valence-corrected chi connectivity index (χ1v) is 15.2. The van der Waals surface area contributed by atoms with E-state index in [0.717, 1.165) is 51.6 Å². The number of piperidine rings is 1. The molecule has 1 atom stereocenters. The van der Waals surface area contributed by atoms with Gasteiger partial charge in [0, 0.05) is 29.8 Å². The summed E-state index contributed by atoms with van der Waals surface area (Å²) in [5, 5.41) is 11.9. The van der Waals surface area contributed by atoms with E-state index in [1.54, 1.807) is 24.3 Å². The number of hydrogen-bond acceptors (Lipinski definition) is 4. The molecule has 1 saturated heterocycles. The Balaban J connectivity index is 1.28. The highest BCUT2D eigenvalue weighted by atomic mass is 32.2. The smallest absolute Gasteiger partial charge is 0.273 e. The zero-order chi connectivity index (χ0) is 26.5. The van der Waals surface area contributed by atoms with E-state index in [1.165, 1.54) is 24.6 Å². The van der Waals surface area contributed by atoms with Crippen LogP contribution >= 0.6 is 0 Å². The number of halogens is 2. The highest BCUT2D eigenvalue weighted by molar-refractivity contribution is 7.91. The molecule has 0 radical (unpaired) electrons. The van der Waals surface area contributed by atoms with Crippen molar-refractivity contribution in [3.8, 4) is 0 Å². The lowest BCUT2D eigenvalue weighted by molar-refractivity contribution is 0.0415. The maximum absolute atomic E-state index is 14.0. The van der Waals surface area contributed by atoms with Crippen molar-refractivity contribution in [2.75, 3.05) is 18.8 Å². The van der Waals surface area contributed by atoms with Crippen molar-refractivity contribution in [1.29, 1.82) is 5.41 Å². The van der Waals surface area contributed by atoms with Crippen LogP contribution in [0.15, 0.2) is 70.3 Å². The third-order valence-electron chi connectivity index (χ3n) is 8.06. The van der Waals surface area contributed by atoms with E-state index in [0.29, 0.717) is 34.4 Å². The van der Waals surface area contributed by atoms with Gasteiger partial charge in [-0.25, -0.2) is 17.2 Å². The van der Waals surface area contributed by atoms with Crippen LogP contribution in [-0.2, 0) is 9.84 Å². The molecule has 2 aliphatic carbocycles. The predicted molar refractivity (Wildman–Crippen MR) is 145 cm³/mol. The van der Waals surface area contributed by atoms with Gasteiger partial charge in [0.1, 0.15) is 0 Å². The average Bonchev–Trinajstić information content (AvgIpc) is 3.17. The summed E-state index contributed by atoms with van der Waals surface area (Å²) in [6.07, 6.45) is 11.8. The van der Waals surface area contributed by atoms with Crippen molar-refractivity contribution in [3.05, 3.63) is 71.0 Å². The van der Waals surface area contributed by atoms with Gasteiger partial charge in [0.05, 0.1) is 10.6 Å². The minimum absolute atomic E-state index is 0.0867. The Morgan fingerprint density at radius 1 is 1.05 bits per heavy atom. The molecule has 37 heavy (non-hydrogen) atoms. The Morgan fingerprint density at radius 3 is 2.41 bits per heavy atom. The number of benzene rings is 1. The quantitative estimate of drug-likeness (QED) is 0.275. The van der Waals surface area contributed by atoms with Gasteiger partial charge in [-0.05, 0) is 99.1 Å². The molecule has 1 aromatic rings. The minimum atomic E-state index is -3.34. The van der Waals surface area contributed by atoms with Crippen molar-refractivity contribution in [2.45, 2.75) is 75.0 Å². The molecule has 200 valence electrons. The first kappa shape index (κ1) is 27.7. The Morgan fingerprint density at radius 2 is 1.76 bits per heavy atom. The largest absolute Gasteiger partial charge is 0.316 e. The molecule has 0 spiro atoms. The zero-order valence-corrected chi connectivity index (χ0v) is 22.4. The number of hydrogen-bond donors (Lipinski definition) is 2. The number of nitrogens with one attached hydrogen (secondary N) is 2. The van der Waals surface area contributed by atoms with Crippen molar-refractivity contribution in [3.63, 3.8) is 0 Å². The van der Waals surface area contributed by atoms with E-state index < -0.39 is 15.8 Å². The normalized spacial score (nSPS) is 24.8. The maximum atomic E-state index is 14.0. The van der Waals surface area contributed by atoms with Crippen LogP contribution in [0, 0.1) is 17.2 Å². The van der Waals surface area contributed by atoms with Gasteiger partial charge in [-0.1, -0.05) is 31.2 Å². The van der Waals surface area contributed by atoms with Gasteiger partial charge >= 0.3 is 0 Å². The molecule has 1 saturated carbocycles. The molecule has 0 bridgehead atoms. The number of alkyl halides is 2. The van der Waals surface area contributed by atoms with Gasteiger partial charge in [-0.3, -0.25) is 0 Å². The summed E-state index contributed by atoms with van der Waals surface area (Å²) in [4.78, 5) is 0.408. The van der Waals surface area contributed by atoms with Crippen LogP contribution in [0.2, 0.25) is 0 Å². The van der Waals surface area contributed by atoms with Gasteiger partial charge in [0.2, 0.25) is 0 Å². The van der Waals surface area contributed by atoms with Crippen LogP contribution in [0.3, 0.4) is 0 Å². The van der Waals surface area contributed by atoms with Crippen LogP contribution in [0.5, 0.6) is 0 Å². The molecular weight excluding hydrogens is 490 g/mol. The van der Waals surface area contributed by atoms with E-state index >= 15 is 0 Å². The molecule has 4 nitrogen and oxygen atoms in total. The molecule has 2 N–H and O–H groups in total. The van der Waals surface area contributed by atoms with Gasteiger partial charge in [-0.2, -0.15) is 0 Å². The molecule has 0 aromatic heterocycles. The molecule has 1 unspecified atom stereocenters. The van der Waals surface area contributed by atoms with Crippen LogP contribution in [-0.4, -0.2) is 38.9 Å². The summed E-state index contributed by atoms with van der Waals surface area (Å²) in [6, 6.07) is 7.48. The zero-order valence-electron chi connectivity index (χ0n) is 21.6. The van der Waals surface area contributed by atoms with Gasteiger partial charge in [0.15, 0.2) is 9.84 Å². The third kappa shape index (κ3) is 7.16. The second-order valence-electron chi connectivity index (χ2n) is 10.7. The van der Waals surface area contributed by atoms with Gasteiger partial charge in [0.25, 0.3) is 5.92 Å². The highest BCUT2D eigenvalue weighted by Crippen LogP contribution is 2.34. The molecular formula is C30H38F2N2O2S. The summed E-state index contributed by atoms with van der Waals surface area (Å²) in [5.74, 6) is -1.85. The molecule has 3 aliphatic rings. The fraction of sp³-hybridized carbons (Fsp3) is 0.533. The lowest BCUT2D eigenvalue weighted by atomic mass is 9.80. The fourth-order valence-electron chi connectivity index (χ4n) is 5.62. The topological polar surface area (TPSA) is 70.0 Å². The monoisotopic (exact) mass is 528 g/mol. The van der Waals surface area contributed by atoms with E-state index in [9.17, 15) is 17.2 Å². The average molecular weight is 529 g/mol. The van der Waals surface area contributed by atoms with Gasteiger partial charge < -0.3 is 10.7 Å². The van der Waals surface area contributed by atoms with E-state index in [2.05, 4.69) is 11.0 Å². The summed E-state index contributed by atoms with van der Waals surface area (Å²) < 4.78 is 54.1. The molecule has 1 aromatic carbocycles. The van der Waals surface area contributed by atoms with Crippen LogP contribution in [0.4, 0.5) is 8.78 Å². The summed E-state index contributed by atoms with van der Waals surface area (Å²) in [6.45, 7) is 3.45. The molecule has 2 fully saturated rings. The Kier molecular flexibility index (Phi) is 8.99. The summed E-state index contributed by atoms with van der Waals surface area (Å²) in [5.41, 5.74) is 4.94. The molecule has 0 amide bonds. The highest BCUT2D eigenvalue weighted by Gasteiger charge is 2.31. The van der Waals surface area contributed by atoms with E-state index in [4.69, 9.17) is 5.41 Å². The standard InChI is InChI=1S/C30H38F2N2O2S/c1-2-30(31,32)27-7-3-5-25(12-15-27)29(33)19-22-8-10-23(11-9-22)21-37(35,36)28-16-13-24(14-17-28)26-6-4-18-34-20-26/h5,7,12-17,22-23,26,33-34H,2,4,6,8-11,18-21H2,1H3. The van der Waals surface area contributed by atoms with Crippen molar-refractivity contribution in [1.82, 2.24) is 5.32 Å². The minimum Gasteiger partial charge on any atom is -0.316 e. The Labute approximate surface area is 220 Å². The van der Waals surface area contributed by atoms with Crippen LogP contribution in [0.25, 0.3) is 0 Å². The second-order valence-corrected chi connectivity index (χ2v) is 12.8. The Bertz CT molecular complexity index is 1190. The van der Waals surface area contributed by atoms with Crippen LogP contribution in [0.1, 0.15) is 69.8 Å². The first-order valence-electron chi connectivity index (χ1n) is 13.5. The van der Waals surface area contributed by atoms with Crippen molar-refractivity contribution in [2.24, 2.45) is 11.8 Å². The summed E-state index contributed by atoms with van der Waals surface area (Å²) >= 11 is 0. The fourth-order valence-corrected chi connectivity index (χ4v) is 7.31. The van der Waals surface area contributed by atoms with Crippen molar-refractivity contribution >= 4 is 15.5 Å². The third-order valence-corrected chi connectivity index (χ3v) is 9.96. The predicted octanol–water partition coefficient (Wildman–Crippen LogP) is 6.77. The van der Waals surface area contributed by atoms with Gasteiger partial charge in [-0.15, -0.1) is 5.73 Å². The second kappa shape index (κ2) is 12.0. The molecule has 4 rings (SSSR count). The molecule has 7 heteroatoms. The Hall–Kier alpha value is -2.34. The molecule has 1 heterocycles. The first-order chi connectivity index (χ1) is 17.7. The van der Waals surface area contributed by atoms with Crippen LogP contribution < -0.4 is 5.32 Å². The maximum Gasteiger partial charge on any atom is 0.273 e. The number of sulfone groups is 1.